The van der Waals surface area contributed by atoms with Gasteiger partial charge in [0, 0.05) is 32.6 Å². The monoisotopic (exact) mass is 395 g/mol. The van der Waals surface area contributed by atoms with E-state index in [0.717, 1.165) is 17.9 Å². The van der Waals surface area contributed by atoms with Crippen LogP contribution < -0.4 is 0 Å². The Balaban J connectivity index is 1.25. The molecule has 1 aromatic carbocycles. The van der Waals surface area contributed by atoms with Crippen LogP contribution in [0.5, 0.6) is 0 Å². The Kier molecular flexibility index (Phi) is 6.22. The zero-order chi connectivity index (χ0) is 20.1. The van der Waals surface area contributed by atoms with E-state index in [1.807, 2.05) is 35.2 Å². The minimum absolute atomic E-state index is 0.109. The number of carbonyl (C=O) groups is 2. The predicted molar refractivity (Wildman–Crippen MR) is 109 cm³/mol. The van der Waals surface area contributed by atoms with E-state index in [1.54, 1.807) is 15.8 Å². The van der Waals surface area contributed by atoms with Crippen LogP contribution in [0.25, 0.3) is 0 Å². The summed E-state index contributed by atoms with van der Waals surface area (Å²) in [7, 11) is 0. The molecule has 2 amide bonds. The van der Waals surface area contributed by atoms with Crippen molar-refractivity contribution in [1.82, 2.24) is 24.8 Å². The predicted octanol–water partition coefficient (Wildman–Crippen LogP) is 2.58. The lowest BCUT2D eigenvalue weighted by molar-refractivity contribution is -0.133. The van der Waals surface area contributed by atoms with Gasteiger partial charge < -0.3 is 9.80 Å². The van der Waals surface area contributed by atoms with Crippen LogP contribution in [0.2, 0.25) is 0 Å². The Morgan fingerprint density at radius 3 is 2.38 bits per heavy atom. The van der Waals surface area contributed by atoms with Crippen LogP contribution in [0.3, 0.4) is 0 Å². The molecule has 29 heavy (non-hydrogen) atoms. The molecule has 7 heteroatoms. The number of benzene rings is 1. The minimum atomic E-state index is -0.109. The maximum atomic E-state index is 12.7. The summed E-state index contributed by atoms with van der Waals surface area (Å²) in [6.45, 7) is 2.91. The lowest BCUT2D eigenvalue weighted by atomic mass is 10.0. The van der Waals surface area contributed by atoms with Gasteiger partial charge in [-0.25, -0.2) is 4.68 Å². The average Bonchev–Trinajstić information content (AvgIpc) is 3.44. The number of nitrogens with zero attached hydrogens (tertiary/aromatic N) is 5. The first-order valence-electron chi connectivity index (χ1n) is 10.7. The molecule has 0 atom stereocenters. The Labute approximate surface area is 171 Å². The first kappa shape index (κ1) is 19.6. The highest BCUT2D eigenvalue weighted by atomic mass is 16.2. The molecule has 2 aliphatic rings. The highest BCUT2D eigenvalue weighted by molar-refractivity contribution is 5.92. The van der Waals surface area contributed by atoms with Crippen LogP contribution in [0.1, 0.15) is 54.6 Å². The second kappa shape index (κ2) is 9.20. The van der Waals surface area contributed by atoms with E-state index in [2.05, 4.69) is 10.3 Å². The quantitative estimate of drug-likeness (QED) is 0.754. The molecule has 1 saturated carbocycles. The zero-order valence-electron chi connectivity index (χ0n) is 16.9. The molecule has 0 N–H and O–H groups in total. The first-order chi connectivity index (χ1) is 14.2. The molecule has 7 nitrogen and oxygen atoms in total. The van der Waals surface area contributed by atoms with Gasteiger partial charge in [0.05, 0.1) is 12.7 Å². The van der Waals surface area contributed by atoms with Crippen molar-refractivity contribution in [3.63, 3.8) is 0 Å². The van der Waals surface area contributed by atoms with E-state index in [-0.39, 0.29) is 11.8 Å². The van der Waals surface area contributed by atoms with E-state index in [1.165, 1.54) is 25.7 Å². The van der Waals surface area contributed by atoms with Gasteiger partial charge in [-0.05, 0) is 17.9 Å². The lowest BCUT2D eigenvalue weighted by Crippen LogP contribution is -2.50. The second-order valence-electron chi connectivity index (χ2n) is 8.15. The molecular weight excluding hydrogens is 366 g/mol. The van der Waals surface area contributed by atoms with Gasteiger partial charge in [0.2, 0.25) is 5.91 Å². The molecule has 1 aliphatic carbocycles. The van der Waals surface area contributed by atoms with Gasteiger partial charge in [0.15, 0.2) is 5.69 Å². The van der Waals surface area contributed by atoms with Crippen molar-refractivity contribution in [3.05, 3.63) is 47.8 Å². The summed E-state index contributed by atoms with van der Waals surface area (Å²) in [5, 5.41) is 8.14. The summed E-state index contributed by atoms with van der Waals surface area (Å²) in [6, 6.07) is 9.97. The van der Waals surface area contributed by atoms with E-state index in [4.69, 9.17) is 0 Å². The van der Waals surface area contributed by atoms with Gasteiger partial charge >= 0.3 is 0 Å². The Bertz CT molecular complexity index is 821. The third-order valence-electron chi connectivity index (χ3n) is 6.11. The third-order valence-corrected chi connectivity index (χ3v) is 6.11. The molecule has 2 aromatic rings. The van der Waals surface area contributed by atoms with Gasteiger partial charge in [0.25, 0.3) is 5.91 Å². The standard InChI is InChI=1S/C22H29N5O2/c28-21(11-10-18-6-4-5-7-18)25-12-14-26(15-13-25)22(29)20-17-27(24-23-20)16-19-8-2-1-3-9-19/h1-3,8-9,17-18H,4-7,10-16H2. The van der Waals surface area contributed by atoms with Gasteiger partial charge in [-0.2, -0.15) is 0 Å². The molecule has 0 spiro atoms. The zero-order valence-corrected chi connectivity index (χ0v) is 16.9. The van der Waals surface area contributed by atoms with E-state index < -0.39 is 0 Å². The summed E-state index contributed by atoms with van der Waals surface area (Å²) in [4.78, 5) is 28.9. The highest BCUT2D eigenvalue weighted by Gasteiger charge is 2.27. The molecule has 4 rings (SSSR count). The molecule has 0 unspecified atom stereocenters. The maximum absolute atomic E-state index is 12.7. The third kappa shape index (κ3) is 5.02. The number of carbonyl (C=O) groups excluding carboxylic acids is 2. The van der Waals surface area contributed by atoms with E-state index in [9.17, 15) is 9.59 Å². The van der Waals surface area contributed by atoms with Gasteiger partial charge in [-0.1, -0.05) is 61.2 Å². The number of amides is 2. The van der Waals surface area contributed by atoms with Crippen LogP contribution in [0.4, 0.5) is 0 Å². The van der Waals surface area contributed by atoms with Crippen LogP contribution in [-0.2, 0) is 11.3 Å². The number of piperazine rings is 1. The lowest BCUT2D eigenvalue weighted by Gasteiger charge is -2.34. The summed E-state index contributed by atoms with van der Waals surface area (Å²) in [5.41, 5.74) is 1.48. The molecule has 2 heterocycles. The molecule has 1 aromatic heterocycles. The van der Waals surface area contributed by atoms with Crippen molar-refractivity contribution >= 4 is 11.8 Å². The fourth-order valence-corrected chi connectivity index (χ4v) is 4.35. The maximum Gasteiger partial charge on any atom is 0.276 e. The van der Waals surface area contributed by atoms with Crippen LogP contribution >= 0.6 is 0 Å². The van der Waals surface area contributed by atoms with Gasteiger partial charge in [-0.15, -0.1) is 5.10 Å². The normalized spacial score (nSPS) is 17.7. The molecular formula is C22H29N5O2. The molecule has 154 valence electrons. The Morgan fingerprint density at radius 2 is 1.66 bits per heavy atom. The fraction of sp³-hybridized carbons (Fsp3) is 0.545. The van der Waals surface area contributed by atoms with Crippen molar-refractivity contribution in [1.29, 1.82) is 0 Å². The van der Waals surface area contributed by atoms with Crippen molar-refractivity contribution in [2.24, 2.45) is 5.92 Å². The van der Waals surface area contributed by atoms with Crippen LogP contribution in [0.15, 0.2) is 36.5 Å². The van der Waals surface area contributed by atoms with Crippen LogP contribution in [0, 0.1) is 5.92 Å². The average molecular weight is 396 g/mol. The first-order valence-corrected chi connectivity index (χ1v) is 10.7. The summed E-state index contributed by atoms with van der Waals surface area (Å²) >= 11 is 0. The fourth-order valence-electron chi connectivity index (χ4n) is 4.35. The molecule has 1 saturated heterocycles. The van der Waals surface area contributed by atoms with Gasteiger partial charge in [-0.3, -0.25) is 9.59 Å². The van der Waals surface area contributed by atoms with Crippen molar-refractivity contribution in [2.75, 3.05) is 26.2 Å². The Morgan fingerprint density at radius 1 is 0.966 bits per heavy atom. The molecule has 0 bridgehead atoms. The van der Waals surface area contributed by atoms with Crippen molar-refractivity contribution in [3.8, 4) is 0 Å². The topological polar surface area (TPSA) is 71.3 Å². The Hall–Kier alpha value is -2.70. The van der Waals surface area contributed by atoms with E-state index >= 15 is 0 Å². The molecule has 2 fully saturated rings. The smallest absolute Gasteiger partial charge is 0.276 e. The van der Waals surface area contributed by atoms with Crippen LogP contribution in [-0.4, -0.2) is 62.8 Å². The highest BCUT2D eigenvalue weighted by Crippen LogP contribution is 2.28. The number of hydrogen-bond acceptors (Lipinski definition) is 4. The minimum Gasteiger partial charge on any atom is -0.339 e. The van der Waals surface area contributed by atoms with Gasteiger partial charge in [0.1, 0.15) is 0 Å². The molecule has 1 aliphatic heterocycles. The number of hydrogen-bond donors (Lipinski definition) is 0. The van der Waals surface area contributed by atoms with Crippen molar-refractivity contribution < 1.29 is 9.59 Å². The van der Waals surface area contributed by atoms with Crippen molar-refractivity contribution in [2.45, 2.75) is 45.1 Å². The SMILES string of the molecule is O=C(CCC1CCCC1)N1CCN(C(=O)c2cn(Cc3ccccc3)nn2)CC1. The summed E-state index contributed by atoms with van der Waals surface area (Å²) < 4.78 is 1.69. The number of rotatable bonds is 6. The van der Waals surface area contributed by atoms with E-state index in [0.29, 0.717) is 44.8 Å². The molecule has 0 radical (unpaired) electrons. The summed E-state index contributed by atoms with van der Waals surface area (Å²) in [5.74, 6) is 0.862. The largest absolute Gasteiger partial charge is 0.339 e. The second-order valence-corrected chi connectivity index (χ2v) is 8.15. The number of aromatic nitrogens is 3. The summed E-state index contributed by atoms with van der Waals surface area (Å²) in [6.07, 6.45) is 8.55.